The van der Waals surface area contributed by atoms with Gasteiger partial charge in [-0.3, -0.25) is 9.59 Å². The summed E-state index contributed by atoms with van der Waals surface area (Å²) in [7, 11) is 0. The average Bonchev–Trinajstić information content (AvgIpc) is 2.69. The molecule has 2 saturated carbocycles. The Labute approximate surface area is 184 Å². The van der Waals surface area contributed by atoms with Gasteiger partial charge in [-0.15, -0.1) is 0 Å². The zero-order valence-electron chi connectivity index (χ0n) is 20.4. The summed E-state index contributed by atoms with van der Waals surface area (Å²) in [4.78, 5) is 24.6. The molecule has 0 radical (unpaired) electrons. The van der Waals surface area contributed by atoms with E-state index in [-0.39, 0.29) is 23.8 Å². The van der Waals surface area contributed by atoms with Crippen molar-refractivity contribution < 1.29 is 19.1 Å². The second kappa shape index (κ2) is 11.0. The highest BCUT2D eigenvalue weighted by Gasteiger charge is 2.34. The van der Waals surface area contributed by atoms with Gasteiger partial charge in [0, 0.05) is 0 Å². The molecule has 2 aliphatic rings. The summed E-state index contributed by atoms with van der Waals surface area (Å²) in [6.07, 6.45) is 9.82. The van der Waals surface area contributed by atoms with Crippen molar-refractivity contribution in [3.63, 3.8) is 0 Å². The van der Waals surface area contributed by atoms with Crippen molar-refractivity contribution in [1.82, 2.24) is 0 Å². The molecule has 174 valence electrons. The summed E-state index contributed by atoms with van der Waals surface area (Å²) < 4.78 is 11.0. The van der Waals surface area contributed by atoms with E-state index in [1.165, 1.54) is 0 Å². The van der Waals surface area contributed by atoms with E-state index in [9.17, 15) is 9.59 Å². The number of carbonyl (C=O) groups excluding carboxylic acids is 2. The average molecular weight is 423 g/mol. The number of rotatable bonds is 7. The molecule has 0 aromatic carbocycles. The number of unbranched alkanes of at least 4 members (excludes halogenated alkanes) is 1. The number of esters is 2. The zero-order valence-corrected chi connectivity index (χ0v) is 20.4. The second-order valence-corrected chi connectivity index (χ2v) is 11.9. The molecule has 0 atom stereocenters. The second-order valence-electron chi connectivity index (χ2n) is 11.9. The number of hydrogen-bond acceptors (Lipinski definition) is 4. The van der Waals surface area contributed by atoms with E-state index >= 15 is 0 Å². The van der Waals surface area contributed by atoms with Gasteiger partial charge in [-0.05, 0) is 86.9 Å². The van der Waals surface area contributed by atoms with E-state index in [0.29, 0.717) is 35.9 Å². The van der Waals surface area contributed by atoms with Gasteiger partial charge in [-0.2, -0.15) is 0 Å². The van der Waals surface area contributed by atoms with Crippen LogP contribution < -0.4 is 0 Å². The van der Waals surface area contributed by atoms with Crippen LogP contribution in [0.1, 0.15) is 106 Å². The molecule has 2 fully saturated rings. The molecule has 2 aliphatic carbocycles. The summed E-state index contributed by atoms with van der Waals surface area (Å²) >= 11 is 0. The Kier molecular flexibility index (Phi) is 9.24. The summed E-state index contributed by atoms with van der Waals surface area (Å²) in [6.45, 7) is 14.6. The van der Waals surface area contributed by atoms with Crippen molar-refractivity contribution in [2.75, 3.05) is 13.2 Å². The van der Waals surface area contributed by atoms with Crippen molar-refractivity contribution in [3.05, 3.63) is 0 Å². The first-order chi connectivity index (χ1) is 14.0. The van der Waals surface area contributed by atoms with Crippen LogP contribution in [-0.2, 0) is 19.1 Å². The normalized spacial score (nSPS) is 28.1. The van der Waals surface area contributed by atoms with E-state index in [4.69, 9.17) is 9.47 Å². The monoisotopic (exact) mass is 422 g/mol. The molecule has 0 heterocycles. The molecule has 0 amide bonds. The largest absolute Gasteiger partial charge is 0.465 e. The molecule has 0 N–H and O–H groups in total. The molecule has 0 aromatic heterocycles. The highest BCUT2D eigenvalue weighted by Crippen LogP contribution is 2.41. The van der Waals surface area contributed by atoms with Gasteiger partial charge in [-0.1, -0.05) is 41.5 Å². The van der Waals surface area contributed by atoms with Crippen LogP contribution in [0.2, 0.25) is 0 Å². The van der Waals surface area contributed by atoms with E-state index < -0.39 is 0 Å². The minimum absolute atomic E-state index is 0.0324. The molecule has 30 heavy (non-hydrogen) atoms. The van der Waals surface area contributed by atoms with Crippen molar-refractivity contribution in [2.24, 2.45) is 34.5 Å². The first-order valence-electron chi connectivity index (χ1n) is 12.3. The molecule has 0 spiro atoms. The molecular weight excluding hydrogens is 376 g/mol. The third-order valence-electron chi connectivity index (χ3n) is 7.60. The molecule has 0 aromatic rings. The Balaban J connectivity index is 1.52. The molecule has 0 saturated heterocycles. The van der Waals surface area contributed by atoms with Crippen LogP contribution in [-0.4, -0.2) is 25.2 Å². The number of hydrogen-bond donors (Lipinski definition) is 0. The predicted octanol–water partition coefficient (Wildman–Crippen LogP) is 6.56. The van der Waals surface area contributed by atoms with Crippen molar-refractivity contribution in [1.29, 1.82) is 0 Å². The third kappa shape index (κ3) is 7.89. The number of ether oxygens (including phenoxy) is 2. The van der Waals surface area contributed by atoms with Crippen LogP contribution in [0.3, 0.4) is 0 Å². The summed E-state index contributed by atoms with van der Waals surface area (Å²) in [5, 5.41) is 0. The fourth-order valence-corrected chi connectivity index (χ4v) is 5.18. The SMILES string of the molecule is CC(C)(C)C1CCC(C(=O)OCCCCOC(=O)C2CCC(C(C)(C)C)CC2)CC1. The lowest BCUT2D eigenvalue weighted by molar-refractivity contribution is -0.152. The van der Waals surface area contributed by atoms with Crippen LogP contribution in [0, 0.1) is 34.5 Å². The molecule has 0 bridgehead atoms. The minimum atomic E-state index is -0.0324. The van der Waals surface area contributed by atoms with Gasteiger partial charge < -0.3 is 9.47 Å². The molecule has 2 rings (SSSR count). The van der Waals surface area contributed by atoms with Crippen LogP contribution in [0.25, 0.3) is 0 Å². The Morgan fingerprint density at radius 3 is 1.17 bits per heavy atom. The first-order valence-corrected chi connectivity index (χ1v) is 12.3. The molecular formula is C26H46O4. The fraction of sp³-hybridized carbons (Fsp3) is 0.923. The van der Waals surface area contributed by atoms with E-state index in [0.717, 1.165) is 64.2 Å². The standard InChI is InChI=1S/C26H46O4/c1-25(2,3)21-13-9-19(10-14-21)23(27)29-17-7-8-18-30-24(28)20-11-15-22(16-12-20)26(4,5)6/h19-22H,7-18H2,1-6H3. The number of carbonyl (C=O) groups is 2. The lowest BCUT2D eigenvalue weighted by Crippen LogP contribution is -2.30. The van der Waals surface area contributed by atoms with Gasteiger partial charge in [-0.25, -0.2) is 0 Å². The Morgan fingerprint density at radius 2 is 0.900 bits per heavy atom. The maximum Gasteiger partial charge on any atom is 0.308 e. The molecule has 4 heteroatoms. The molecule has 4 nitrogen and oxygen atoms in total. The van der Waals surface area contributed by atoms with Crippen molar-refractivity contribution >= 4 is 11.9 Å². The van der Waals surface area contributed by atoms with Gasteiger partial charge in [0.15, 0.2) is 0 Å². The topological polar surface area (TPSA) is 52.6 Å². The molecule has 0 unspecified atom stereocenters. The van der Waals surface area contributed by atoms with Crippen molar-refractivity contribution in [2.45, 2.75) is 106 Å². The molecule has 0 aliphatic heterocycles. The lowest BCUT2D eigenvalue weighted by atomic mass is 9.70. The maximum absolute atomic E-state index is 12.3. The smallest absolute Gasteiger partial charge is 0.308 e. The van der Waals surface area contributed by atoms with Crippen molar-refractivity contribution in [3.8, 4) is 0 Å². The highest BCUT2D eigenvalue weighted by atomic mass is 16.5. The first kappa shape index (κ1) is 25.2. The predicted molar refractivity (Wildman–Crippen MR) is 121 cm³/mol. The quantitative estimate of drug-likeness (QED) is 0.344. The van der Waals surface area contributed by atoms with Crippen LogP contribution in [0.5, 0.6) is 0 Å². The fourth-order valence-electron chi connectivity index (χ4n) is 5.18. The van der Waals surface area contributed by atoms with Gasteiger partial charge in [0.05, 0.1) is 25.0 Å². The zero-order chi connectivity index (χ0) is 22.4. The summed E-state index contributed by atoms with van der Waals surface area (Å²) in [5.41, 5.74) is 0.663. The van der Waals surface area contributed by atoms with Gasteiger partial charge >= 0.3 is 11.9 Å². The highest BCUT2D eigenvalue weighted by molar-refractivity contribution is 5.72. The Morgan fingerprint density at radius 1 is 0.600 bits per heavy atom. The minimum Gasteiger partial charge on any atom is -0.465 e. The van der Waals surface area contributed by atoms with Gasteiger partial charge in [0.1, 0.15) is 0 Å². The van der Waals surface area contributed by atoms with Crippen LogP contribution in [0.4, 0.5) is 0 Å². The van der Waals surface area contributed by atoms with Crippen LogP contribution >= 0.6 is 0 Å². The Bertz CT molecular complexity index is 488. The van der Waals surface area contributed by atoms with Gasteiger partial charge in [0.2, 0.25) is 0 Å². The maximum atomic E-state index is 12.3. The summed E-state index contributed by atoms with van der Waals surface area (Å²) in [5.74, 6) is 1.50. The third-order valence-corrected chi connectivity index (χ3v) is 7.60. The summed E-state index contributed by atoms with van der Waals surface area (Å²) in [6, 6.07) is 0. The van der Waals surface area contributed by atoms with E-state index in [1.54, 1.807) is 0 Å². The van der Waals surface area contributed by atoms with Crippen LogP contribution in [0.15, 0.2) is 0 Å². The Hall–Kier alpha value is -1.06. The lowest BCUT2D eigenvalue weighted by Gasteiger charge is -2.36. The van der Waals surface area contributed by atoms with E-state index in [2.05, 4.69) is 41.5 Å². The van der Waals surface area contributed by atoms with Gasteiger partial charge in [0.25, 0.3) is 0 Å². The van der Waals surface area contributed by atoms with E-state index in [1.807, 2.05) is 0 Å².